The van der Waals surface area contributed by atoms with E-state index in [-0.39, 0.29) is 30.1 Å². The quantitative estimate of drug-likeness (QED) is 0.882. The second kappa shape index (κ2) is 8.66. The molecule has 2 aromatic carbocycles. The van der Waals surface area contributed by atoms with E-state index in [2.05, 4.69) is 10.2 Å². The molecule has 0 bridgehead atoms. The van der Waals surface area contributed by atoms with Crippen LogP contribution in [0.4, 0.5) is 10.1 Å². The maximum Gasteiger partial charge on any atom is 0.251 e. The molecule has 1 aliphatic rings. The van der Waals surface area contributed by atoms with Crippen LogP contribution in [0.25, 0.3) is 0 Å². The van der Waals surface area contributed by atoms with Gasteiger partial charge in [-0.1, -0.05) is 18.2 Å². The first-order chi connectivity index (χ1) is 13.0. The van der Waals surface area contributed by atoms with Crippen LogP contribution in [0.3, 0.4) is 0 Å². The molecule has 1 N–H and O–H groups in total. The Labute approximate surface area is 158 Å². The molecule has 1 fully saturated rings. The van der Waals surface area contributed by atoms with Crippen molar-refractivity contribution in [3.63, 3.8) is 0 Å². The maximum absolute atomic E-state index is 13.0. The molecule has 27 heavy (non-hydrogen) atoms. The normalized spacial score (nSPS) is 15.3. The second-order valence-electron chi connectivity index (χ2n) is 6.79. The molecule has 3 rings (SSSR count). The van der Waals surface area contributed by atoms with Gasteiger partial charge in [0.05, 0.1) is 0 Å². The fourth-order valence-corrected chi connectivity index (χ4v) is 3.20. The summed E-state index contributed by atoms with van der Waals surface area (Å²) in [6, 6.07) is 15.2. The summed E-state index contributed by atoms with van der Waals surface area (Å²) in [7, 11) is 0. The van der Waals surface area contributed by atoms with Crippen molar-refractivity contribution in [3.8, 4) is 0 Å². The monoisotopic (exact) mass is 369 g/mol. The van der Waals surface area contributed by atoms with Crippen LogP contribution in [0.1, 0.15) is 23.7 Å². The van der Waals surface area contributed by atoms with Crippen molar-refractivity contribution in [2.75, 3.05) is 31.1 Å². The smallest absolute Gasteiger partial charge is 0.251 e. The first-order valence-electron chi connectivity index (χ1n) is 9.17. The van der Waals surface area contributed by atoms with Gasteiger partial charge in [-0.25, -0.2) is 4.39 Å². The standard InChI is InChI=1S/C21H24FN3O2/c1-16(23-21(27)17-5-3-2-4-6-17)15-20(26)25-13-11-24(12-14-25)19-9-7-18(22)8-10-19/h2-10,16H,11-15H2,1H3,(H,23,27). The van der Waals surface area contributed by atoms with Crippen molar-refractivity contribution in [1.82, 2.24) is 10.2 Å². The number of nitrogens with one attached hydrogen (secondary N) is 1. The topological polar surface area (TPSA) is 52.7 Å². The first kappa shape index (κ1) is 18.9. The Kier molecular flexibility index (Phi) is 6.06. The minimum absolute atomic E-state index is 0.0367. The van der Waals surface area contributed by atoms with Gasteiger partial charge in [-0.15, -0.1) is 0 Å². The van der Waals surface area contributed by atoms with Gasteiger partial charge in [0.2, 0.25) is 5.91 Å². The number of carbonyl (C=O) groups excluding carboxylic acids is 2. The van der Waals surface area contributed by atoms with Gasteiger partial charge in [-0.2, -0.15) is 0 Å². The van der Waals surface area contributed by atoms with Crippen LogP contribution in [-0.4, -0.2) is 48.9 Å². The highest BCUT2D eigenvalue weighted by molar-refractivity contribution is 5.94. The predicted molar refractivity (Wildman–Crippen MR) is 103 cm³/mol. The molecule has 1 aliphatic heterocycles. The summed E-state index contributed by atoms with van der Waals surface area (Å²) < 4.78 is 13.0. The number of hydrogen-bond donors (Lipinski definition) is 1. The van der Waals surface area contributed by atoms with E-state index in [0.29, 0.717) is 31.7 Å². The summed E-state index contributed by atoms with van der Waals surface area (Å²) in [6.45, 7) is 4.50. The molecule has 1 saturated heterocycles. The highest BCUT2D eigenvalue weighted by Crippen LogP contribution is 2.17. The van der Waals surface area contributed by atoms with Crippen molar-refractivity contribution in [2.24, 2.45) is 0 Å². The molecule has 142 valence electrons. The van der Waals surface area contributed by atoms with Crippen LogP contribution >= 0.6 is 0 Å². The fraction of sp³-hybridized carbons (Fsp3) is 0.333. The zero-order chi connectivity index (χ0) is 19.2. The molecule has 0 saturated carbocycles. The Bertz CT molecular complexity index is 772. The van der Waals surface area contributed by atoms with E-state index in [1.807, 2.05) is 30.0 Å². The van der Waals surface area contributed by atoms with Gasteiger partial charge in [-0.3, -0.25) is 9.59 Å². The fourth-order valence-electron chi connectivity index (χ4n) is 3.20. The molecule has 1 atom stereocenters. The molecule has 1 heterocycles. The Morgan fingerprint density at radius 3 is 2.26 bits per heavy atom. The Balaban J connectivity index is 1.46. The Hall–Kier alpha value is -2.89. The lowest BCUT2D eigenvalue weighted by Gasteiger charge is -2.36. The summed E-state index contributed by atoms with van der Waals surface area (Å²) in [4.78, 5) is 28.7. The maximum atomic E-state index is 13.0. The van der Waals surface area contributed by atoms with E-state index >= 15 is 0 Å². The van der Waals surface area contributed by atoms with Crippen molar-refractivity contribution >= 4 is 17.5 Å². The zero-order valence-corrected chi connectivity index (χ0v) is 15.4. The number of benzene rings is 2. The van der Waals surface area contributed by atoms with Crippen molar-refractivity contribution in [1.29, 1.82) is 0 Å². The van der Waals surface area contributed by atoms with Crippen LogP contribution in [0.5, 0.6) is 0 Å². The molecule has 6 heteroatoms. The summed E-state index contributed by atoms with van der Waals surface area (Å²) in [6.07, 6.45) is 0.273. The average molecular weight is 369 g/mol. The van der Waals surface area contributed by atoms with Crippen LogP contribution in [0.15, 0.2) is 54.6 Å². The van der Waals surface area contributed by atoms with E-state index in [9.17, 15) is 14.0 Å². The lowest BCUT2D eigenvalue weighted by molar-refractivity contribution is -0.131. The largest absolute Gasteiger partial charge is 0.368 e. The number of nitrogens with zero attached hydrogens (tertiary/aromatic N) is 2. The highest BCUT2D eigenvalue weighted by atomic mass is 19.1. The number of rotatable bonds is 5. The number of hydrogen-bond acceptors (Lipinski definition) is 3. The van der Waals surface area contributed by atoms with Crippen LogP contribution in [0, 0.1) is 5.82 Å². The summed E-state index contributed by atoms with van der Waals surface area (Å²) in [5.41, 5.74) is 1.55. The molecular weight excluding hydrogens is 345 g/mol. The van der Waals surface area contributed by atoms with Crippen LogP contribution < -0.4 is 10.2 Å². The average Bonchev–Trinajstić information content (AvgIpc) is 2.69. The Morgan fingerprint density at radius 2 is 1.63 bits per heavy atom. The lowest BCUT2D eigenvalue weighted by Crippen LogP contribution is -2.50. The molecule has 2 aromatic rings. The van der Waals surface area contributed by atoms with E-state index in [1.54, 1.807) is 24.3 Å². The number of piperazine rings is 1. The van der Waals surface area contributed by atoms with E-state index in [4.69, 9.17) is 0 Å². The number of carbonyl (C=O) groups is 2. The van der Waals surface area contributed by atoms with E-state index < -0.39 is 0 Å². The number of halogens is 1. The summed E-state index contributed by atoms with van der Waals surface area (Å²) in [5.74, 6) is -0.384. The molecule has 1 unspecified atom stereocenters. The lowest BCUT2D eigenvalue weighted by atomic mass is 10.1. The van der Waals surface area contributed by atoms with Gasteiger partial charge in [0.15, 0.2) is 0 Å². The second-order valence-corrected chi connectivity index (χ2v) is 6.79. The van der Waals surface area contributed by atoms with Crippen LogP contribution in [0.2, 0.25) is 0 Å². The SMILES string of the molecule is CC(CC(=O)N1CCN(c2ccc(F)cc2)CC1)NC(=O)c1ccccc1. The third-order valence-corrected chi connectivity index (χ3v) is 4.72. The first-order valence-corrected chi connectivity index (χ1v) is 9.17. The number of anilines is 1. The van der Waals surface area contributed by atoms with Gasteiger partial charge < -0.3 is 15.1 Å². The van der Waals surface area contributed by atoms with Gasteiger partial charge in [-0.05, 0) is 43.3 Å². The summed E-state index contributed by atoms with van der Waals surface area (Å²) in [5, 5.41) is 2.87. The molecule has 0 radical (unpaired) electrons. The highest BCUT2D eigenvalue weighted by Gasteiger charge is 2.23. The van der Waals surface area contributed by atoms with Gasteiger partial charge in [0.25, 0.3) is 5.91 Å². The predicted octanol–water partition coefficient (Wildman–Crippen LogP) is 2.68. The van der Waals surface area contributed by atoms with Gasteiger partial charge in [0, 0.05) is 49.9 Å². The minimum atomic E-state index is -0.251. The summed E-state index contributed by atoms with van der Waals surface area (Å²) >= 11 is 0. The van der Waals surface area contributed by atoms with E-state index in [1.165, 1.54) is 12.1 Å². The van der Waals surface area contributed by atoms with Gasteiger partial charge >= 0.3 is 0 Å². The van der Waals surface area contributed by atoms with Crippen LogP contribution in [-0.2, 0) is 4.79 Å². The van der Waals surface area contributed by atoms with Crippen molar-refractivity contribution in [2.45, 2.75) is 19.4 Å². The molecular formula is C21H24FN3O2. The molecule has 2 amide bonds. The third-order valence-electron chi connectivity index (χ3n) is 4.72. The zero-order valence-electron chi connectivity index (χ0n) is 15.4. The molecule has 0 aliphatic carbocycles. The molecule has 0 spiro atoms. The number of amides is 2. The molecule has 5 nitrogen and oxygen atoms in total. The van der Waals surface area contributed by atoms with E-state index in [0.717, 1.165) is 5.69 Å². The third kappa shape index (κ3) is 5.06. The van der Waals surface area contributed by atoms with Crippen molar-refractivity contribution in [3.05, 3.63) is 66.0 Å². The van der Waals surface area contributed by atoms with Gasteiger partial charge in [0.1, 0.15) is 5.82 Å². The van der Waals surface area contributed by atoms with Crippen molar-refractivity contribution < 1.29 is 14.0 Å². The Morgan fingerprint density at radius 1 is 1.00 bits per heavy atom. The molecule has 0 aromatic heterocycles. The minimum Gasteiger partial charge on any atom is -0.368 e.